The van der Waals surface area contributed by atoms with E-state index in [1.807, 2.05) is 16.7 Å². The van der Waals surface area contributed by atoms with E-state index in [4.69, 9.17) is 0 Å². The van der Waals surface area contributed by atoms with E-state index in [2.05, 4.69) is 42.2 Å². The number of thiophene rings is 1. The molecule has 1 atom stereocenters. The first-order valence-corrected chi connectivity index (χ1v) is 8.80. The molecule has 19 heavy (non-hydrogen) atoms. The van der Waals surface area contributed by atoms with E-state index in [0.29, 0.717) is 5.91 Å². The third-order valence-electron chi connectivity index (χ3n) is 4.11. The molecule has 3 nitrogen and oxygen atoms in total. The first-order valence-electron chi connectivity index (χ1n) is 6.63. The highest BCUT2D eigenvalue weighted by Gasteiger charge is 2.59. The molecule has 3 rings (SSSR count). The van der Waals surface area contributed by atoms with Crippen LogP contribution in [0.4, 0.5) is 0 Å². The molecular weight excluding hydrogens is 276 g/mol. The minimum absolute atomic E-state index is 0.0627. The number of amides is 1. The van der Waals surface area contributed by atoms with Crippen molar-refractivity contribution < 1.29 is 4.79 Å². The second-order valence-corrected chi connectivity index (χ2v) is 8.38. The monoisotopic (exact) mass is 296 g/mol. The highest BCUT2D eigenvalue weighted by atomic mass is 32.2. The molecule has 1 aromatic rings. The van der Waals surface area contributed by atoms with E-state index < -0.39 is 0 Å². The smallest absolute Gasteiger partial charge is 0.244 e. The van der Waals surface area contributed by atoms with Crippen LogP contribution in [-0.4, -0.2) is 33.9 Å². The number of nitrogens with zero attached hydrogens (tertiary/aromatic N) is 1. The first-order chi connectivity index (χ1) is 8.97. The molecular formula is C14H20N2OS2. The van der Waals surface area contributed by atoms with Crippen LogP contribution in [-0.2, 0) is 4.79 Å². The normalized spacial score (nSPS) is 25.3. The molecule has 1 saturated carbocycles. The summed E-state index contributed by atoms with van der Waals surface area (Å²) < 4.78 is 0.0893. The molecule has 0 bridgehead atoms. The van der Waals surface area contributed by atoms with Crippen LogP contribution in [0.2, 0.25) is 0 Å². The second kappa shape index (κ2) is 4.50. The number of thioether (sulfide) groups is 1. The molecule has 2 aliphatic rings. The number of rotatable bonds is 4. The Balaban J connectivity index is 1.87. The standard InChI is InChI=1S/C14H20N2OS2/c1-13(2,18-3)9-16-11(10-4-7-19-8-10)15-14(5-6-14)12(16)17/h4,7-8,11,15H,5-6,9H2,1-3H3. The van der Waals surface area contributed by atoms with Gasteiger partial charge in [0.05, 0.1) is 0 Å². The predicted molar refractivity (Wildman–Crippen MR) is 81.5 cm³/mol. The minimum Gasteiger partial charge on any atom is -0.320 e. The number of carbonyl (C=O) groups excluding carboxylic acids is 1. The molecule has 1 aliphatic heterocycles. The Labute approximate surface area is 122 Å². The van der Waals surface area contributed by atoms with Crippen LogP contribution < -0.4 is 5.32 Å². The van der Waals surface area contributed by atoms with Gasteiger partial charge in [0.15, 0.2) is 0 Å². The Kier molecular flexibility index (Phi) is 3.19. The van der Waals surface area contributed by atoms with Crippen molar-refractivity contribution in [3.8, 4) is 0 Å². The summed E-state index contributed by atoms with van der Waals surface area (Å²) in [5, 5.41) is 7.79. The third kappa shape index (κ3) is 2.32. The van der Waals surface area contributed by atoms with Gasteiger partial charge >= 0.3 is 0 Å². The molecule has 2 heterocycles. The molecule has 1 amide bonds. The zero-order valence-electron chi connectivity index (χ0n) is 11.6. The van der Waals surface area contributed by atoms with Crippen LogP contribution >= 0.6 is 23.1 Å². The number of hydrogen-bond acceptors (Lipinski definition) is 4. The fourth-order valence-corrected chi connectivity index (χ4v) is 3.56. The van der Waals surface area contributed by atoms with Gasteiger partial charge in [0.25, 0.3) is 0 Å². The van der Waals surface area contributed by atoms with Crippen LogP contribution in [0.3, 0.4) is 0 Å². The summed E-state index contributed by atoms with van der Waals surface area (Å²) >= 11 is 3.51. The Morgan fingerprint density at radius 2 is 2.32 bits per heavy atom. The van der Waals surface area contributed by atoms with Gasteiger partial charge in [-0.25, -0.2) is 0 Å². The lowest BCUT2D eigenvalue weighted by atomic mass is 10.1. The van der Waals surface area contributed by atoms with Crippen LogP contribution in [0.15, 0.2) is 16.8 Å². The average Bonchev–Trinajstić information content (AvgIpc) is 2.86. The van der Waals surface area contributed by atoms with Crippen molar-refractivity contribution in [2.45, 2.75) is 43.1 Å². The topological polar surface area (TPSA) is 32.3 Å². The lowest BCUT2D eigenvalue weighted by Crippen LogP contribution is -2.40. The summed E-state index contributed by atoms with van der Waals surface area (Å²) in [5.74, 6) is 0.297. The molecule has 1 spiro atoms. The van der Waals surface area contributed by atoms with Gasteiger partial charge in [0.2, 0.25) is 5.91 Å². The van der Waals surface area contributed by atoms with Crippen molar-refractivity contribution >= 4 is 29.0 Å². The van der Waals surface area contributed by atoms with Gasteiger partial charge in [-0.15, -0.1) is 0 Å². The van der Waals surface area contributed by atoms with Gasteiger partial charge in [-0.2, -0.15) is 23.1 Å². The Bertz CT molecular complexity index is 480. The third-order valence-corrected chi connectivity index (χ3v) is 6.04. The Morgan fingerprint density at radius 1 is 1.58 bits per heavy atom. The fraction of sp³-hybridized carbons (Fsp3) is 0.643. The summed E-state index contributed by atoms with van der Waals surface area (Å²) in [5.41, 5.74) is 0.986. The maximum atomic E-state index is 12.6. The number of nitrogens with one attached hydrogen (secondary N) is 1. The van der Waals surface area contributed by atoms with Crippen molar-refractivity contribution in [2.24, 2.45) is 0 Å². The van der Waals surface area contributed by atoms with Crippen LogP contribution in [0.5, 0.6) is 0 Å². The molecule has 1 aromatic heterocycles. The second-order valence-electron chi connectivity index (χ2n) is 6.08. The van der Waals surface area contributed by atoms with Crippen molar-refractivity contribution in [3.63, 3.8) is 0 Å². The molecule has 2 fully saturated rings. The highest BCUT2D eigenvalue weighted by molar-refractivity contribution is 7.99. The summed E-state index contributed by atoms with van der Waals surface area (Å²) in [6.07, 6.45) is 4.15. The predicted octanol–water partition coefficient (Wildman–Crippen LogP) is 2.85. The Morgan fingerprint density at radius 3 is 2.84 bits per heavy atom. The van der Waals surface area contributed by atoms with Gasteiger partial charge in [0, 0.05) is 11.3 Å². The van der Waals surface area contributed by atoms with Crippen molar-refractivity contribution in [3.05, 3.63) is 22.4 Å². The summed E-state index contributed by atoms with van der Waals surface area (Å²) in [7, 11) is 0. The van der Waals surface area contributed by atoms with E-state index in [-0.39, 0.29) is 16.5 Å². The zero-order chi connectivity index (χ0) is 13.7. The van der Waals surface area contributed by atoms with Crippen molar-refractivity contribution in [2.75, 3.05) is 12.8 Å². The number of hydrogen-bond donors (Lipinski definition) is 1. The highest BCUT2D eigenvalue weighted by Crippen LogP contribution is 2.47. The van der Waals surface area contributed by atoms with Crippen LogP contribution in [0, 0.1) is 0 Å². The molecule has 0 aromatic carbocycles. The molecule has 1 saturated heterocycles. The van der Waals surface area contributed by atoms with Gasteiger partial charge in [-0.3, -0.25) is 10.1 Å². The minimum atomic E-state index is -0.235. The summed E-state index contributed by atoms with van der Waals surface area (Å²) in [6.45, 7) is 5.20. The molecule has 1 N–H and O–H groups in total. The molecule has 1 aliphatic carbocycles. The van der Waals surface area contributed by atoms with Gasteiger partial charge in [0.1, 0.15) is 11.7 Å². The molecule has 104 valence electrons. The largest absolute Gasteiger partial charge is 0.320 e. The Hall–Kier alpha value is -0.520. The quantitative estimate of drug-likeness (QED) is 0.927. The van der Waals surface area contributed by atoms with Gasteiger partial charge in [-0.1, -0.05) is 0 Å². The average molecular weight is 296 g/mol. The maximum Gasteiger partial charge on any atom is 0.244 e. The van der Waals surface area contributed by atoms with E-state index in [1.165, 1.54) is 5.56 Å². The summed E-state index contributed by atoms with van der Waals surface area (Å²) in [4.78, 5) is 14.7. The van der Waals surface area contributed by atoms with E-state index in [9.17, 15) is 4.79 Å². The van der Waals surface area contributed by atoms with E-state index >= 15 is 0 Å². The van der Waals surface area contributed by atoms with Crippen LogP contribution in [0.25, 0.3) is 0 Å². The lowest BCUT2D eigenvalue weighted by Gasteiger charge is -2.32. The van der Waals surface area contributed by atoms with Gasteiger partial charge < -0.3 is 4.90 Å². The van der Waals surface area contributed by atoms with E-state index in [1.54, 1.807) is 11.3 Å². The van der Waals surface area contributed by atoms with Gasteiger partial charge in [-0.05, 0) is 55.3 Å². The van der Waals surface area contributed by atoms with Crippen LogP contribution in [0.1, 0.15) is 38.4 Å². The lowest BCUT2D eigenvalue weighted by molar-refractivity contribution is -0.131. The van der Waals surface area contributed by atoms with E-state index in [0.717, 1.165) is 19.4 Å². The first kappa shape index (κ1) is 13.5. The molecule has 5 heteroatoms. The van der Waals surface area contributed by atoms with Crippen molar-refractivity contribution in [1.82, 2.24) is 10.2 Å². The fourth-order valence-electron chi connectivity index (χ4n) is 2.61. The number of carbonyl (C=O) groups is 1. The molecule has 0 radical (unpaired) electrons. The maximum absolute atomic E-state index is 12.6. The van der Waals surface area contributed by atoms with Crippen molar-refractivity contribution in [1.29, 1.82) is 0 Å². The SMILES string of the molecule is CSC(C)(C)CN1C(=O)C2(CC2)NC1c1ccsc1. The summed E-state index contributed by atoms with van der Waals surface area (Å²) in [6, 6.07) is 2.12. The zero-order valence-corrected chi connectivity index (χ0v) is 13.2. The molecule has 1 unspecified atom stereocenters.